The lowest BCUT2D eigenvalue weighted by molar-refractivity contribution is 0.0979. The van der Waals surface area contributed by atoms with Gasteiger partial charge in [0.2, 0.25) is 0 Å². The molecule has 0 radical (unpaired) electrons. The van der Waals surface area contributed by atoms with Crippen molar-refractivity contribution in [3.05, 3.63) is 111 Å². The van der Waals surface area contributed by atoms with Crippen LogP contribution in [-0.2, 0) is 13.0 Å². The third-order valence-corrected chi connectivity index (χ3v) is 4.80. The van der Waals surface area contributed by atoms with Gasteiger partial charge in [-0.1, -0.05) is 58.4 Å². The summed E-state index contributed by atoms with van der Waals surface area (Å²) in [6.07, 6.45) is 2.32. The van der Waals surface area contributed by atoms with E-state index in [1.807, 2.05) is 60.7 Å². The van der Waals surface area contributed by atoms with Gasteiger partial charge in [-0.25, -0.2) is 4.98 Å². The number of hydrogen-bond acceptors (Lipinski definition) is 3. The molecule has 4 rings (SSSR count). The Kier molecular flexibility index (Phi) is 5.03. The van der Waals surface area contributed by atoms with Crippen molar-refractivity contribution in [3.8, 4) is 0 Å². The van der Waals surface area contributed by atoms with E-state index in [0.717, 1.165) is 26.5 Å². The molecule has 0 aliphatic carbocycles. The molecule has 0 aliphatic heterocycles. The number of nitrogens with zero attached hydrogens (tertiary/aromatic N) is 2. The summed E-state index contributed by atoms with van der Waals surface area (Å²) in [6, 6.07) is 23.3. The molecular weight excluding hydrogens is 404 g/mol. The molecule has 2 aromatic heterocycles. The zero-order valence-electron chi connectivity index (χ0n) is 14.5. The standard InChI is InChI=1S/C22H17BrN2O2/c23-19-9-4-8-17(13-19)12-18-14-21(26)25(22-20(18)10-5-11-24-22)27-15-16-6-2-1-3-7-16/h1-11,13-14H,12,15H2. The Morgan fingerprint density at radius 3 is 2.56 bits per heavy atom. The summed E-state index contributed by atoms with van der Waals surface area (Å²) in [7, 11) is 0. The average molecular weight is 421 g/mol. The topological polar surface area (TPSA) is 44.1 Å². The van der Waals surface area contributed by atoms with E-state index in [-0.39, 0.29) is 5.56 Å². The third kappa shape index (κ3) is 3.93. The summed E-state index contributed by atoms with van der Waals surface area (Å²) in [5.41, 5.74) is 3.36. The van der Waals surface area contributed by atoms with E-state index in [2.05, 4.69) is 27.0 Å². The zero-order chi connectivity index (χ0) is 18.6. The molecule has 2 heterocycles. The highest BCUT2D eigenvalue weighted by Gasteiger charge is 2.11. The van der Waals surface area contributed by atoms with Crippen molar-refractivity contribution in [2.24, 2.45) is 0 Å². The van der Waals surface area contributed by atoms with Crippen molar-refractivity contribution in [2.45, 2.75) is 13.0 Å². The van der Waals surface area contributed by atoms with Gasteiger partial charge in [0.25, 0.3) is 5.56 Å². The zero-order valence-corrected chi connectivity index (χ0v) is 16.1. The monoisotopic (exact) mass is 420 g/mol. The van der Waals surface area contributed by atoms with Crippen LogP contribution >= 0.6 is 15.9 Å². The van der Waals surface area contributed by atoms with Crippen molar-refractivity contribution in [3.63, 3.8) is 0 Å². The second kappa shape index (κ2) is 7.76. The van der Waals surface area contributed by atoms with Crippen molar-refractivity contribution in [1.29, 1.82) is 0 Å². The minimum Gasteiger partial charge on any atom is -0.404 e. The maximum absolute atomic E-state index is 12.7. The summed E-state index contributed by atoms with van der Waals surface area (Å²) >= 11 is 3.50. The van der Waals surface area contributed by atoms with Crippen molar-refractivity contribution in [1.82, 2.24) is 9.71 Å². The molecule has 0 spiro atoms. The second-order valence-electron chi connectivity index (χ2n) is 6.24. The van der Waals surface area contributed by atoms with Crippen LogP contribution in [0.1, 0.15) is 16.7 Å². The molecule has 0 saturated heterocycles. The molecule has 4 nitrogen and oxygen atoms in total. The lowest BCUT2D eigenvalue weighted by atomic mass is 10.0. The fourth-order valence-electron chi connectivity index (χ4n) is 3.05. The molecule has 0 bridgehead atoms. The highest BCUT2D eigenvalue weighted by Crippen LogP contribution is 2.20. The van der Waals surface area contributed by atoms with Gasteiger partial charge < -0.3 is 4.84 Å². The highest BCUT2D eigenvalue weighted by atomic mass is 79.9. The van der Waals surface area contributed by atoms with Crippen LogP contribution < -0.4 is 10.4 Å². The van der Waals surface area contributed by atoms with Gasteiger partial charge in [0.15, 0.2) is 5.65 Å². The first-order valence-electron chi connectivity index (χ1n) is 8.62. The molecule has 2 aromatic carbocycles. The van der Waals surface area contributed by atoms with Gasteiger partial charge in [-0.15, -0.1) is 4.73 Å². The van der Waals surface area contributed by atoms with E-state index < -0.39 is 0 Å². The van der Waals surface area contributed by atoms with Crippen LogP contribution in [0.2, 0.25) is 0 Å². The quantitative estimate of drug-likeness (QED) is 0.481. The van der Waals surface area contributed by atoms with Crippen LogP contribution in [0.4, 0.5) is 0 Å². The van der Waals surface area contributed by atoms with Gasteiger partial charge in [0.1, 0.15) is 6.61 Å². The third-order valence-electron chi connectivity index (χ3n) is 4.31. The molecule has 0 saturated carbocycles. The summed E-state index contributed by atoms with van der Waals surface area (Å²) in [4.78, 5) is 22.9. The number of fused-ring (bicyclic) bond motifs is 1. The first-order chi connectivity index (χ1) is 13.2. The number of rotatable bonds is 5. The lowest BCUT2D eigenvalue weighted by Gasteiger charge is -2.13. The smallest absolute Gasteiger partial charge is 0.285 e. The molecule has 0 unspecified atom stereocenters. The Morgan fingerprint density at radius 2 is 1.74 bits per heavy atom. The Morgan fingerprint density at radius 1 is 0.926 bits per heavy atom. The Hall–Kier alpha value is -2.92. The van der Waals surface area contributed by atoms with Gasteiger partial charge in [-0.05, 0) is 47.4 Å². The first-order valence-corrected chi connectivity index (χ1v) is 9.41. The predicted octanol–water partition coefficient (Wildman–Crippen LogP) is 4.38. The molecular formula is C22H17BrN2O2. The van der Waals surface area contributed by atoms with E-state index in [9.17, 15) is 4.79 Å². The fraction of sp³-hybridized carbons (Fsp3) is 0.0909. The fourth-order valence-corrected chi connectivity index (χ4v) is 3.50. The molecule has 0 atom stereocenters. The molecule has 5 heteroatoms. The largest absolute Gasteiger partial charge is 0.404 e. The minimum atomic E-state index is -0.220. The summed E-state index contributed by atoms with van der Waals surface area (Å²) in [5.74, 6) is 0. The minimum absolute atomic E-state index is 0.220. The second-order valence-corrected chi connectivity index (χ2v) is 7.16. The van der Waals surface area contributed by atoms with E-state index >= 15 is 0 Å². The van der Waals surface area contributed by atoms with Gasteiger partial charge in [0.05, 0.1) is 0 Å². The van der Waals surface area contributed by atoms with Crippen molar-refractivity contribution < 1.29 is 4.84 Å². The van der Waals surface area contributed by atoms with E-state index in [1.165, 1.54) is 4.73 Å². The van der Waals surface area contributed by atoms with E-state index in [4.69, 9.17) is 4.84 Å². The normalized spacial score (nSPS) is 10.9. The van der Waals surface area contributed by atoms with E-state index in [1.54, 1.807) is 12.3 Å². The highest BCUT2D eigenvalue weighted by molar-refractivity contribution is 9.10. The summed E-state index contributed by atoms with van der Waals surface area (Å²) < 4.78 is 2.30. The lowest BCUT2D eigenvalue weighted by Crippen LogP contribution is -2.28. The van der Waals surface area contributed by atoms with Gasteiger partial charge >= 0.3 is 0 Å². The summed E-state index contributed by atoms with van der Waals surface area (Å²) in [6.45, 7) is 0.303. The predicted molar refractivity (Wildman–Crippen MR) is 110 cm³/mol. The van der Waals surface area contributed by atoms with Crippen LogP contribution in [0, 0.1) is 0 Å². The number of benzene rings is 2. The number of halogens is 1. The molecule has 27 heavy (non-hydrogen) atoms. The van der Waals surface area contributed by atoms with Crippen LogP contribution in [0.5, 0.6) is 0 Å². The Labute approximate surface area is 165 Å². The van der Waals surface area contributed by atoms with Gasteiger partial charge in [-0.2, -0.15) is 0 Å². The molecule has 0 amide bonds. The molecule has 4 aromatic rings. The SMILES string of the molecule is O=c1cc(Cc2cccc(Br)c2)c2cccnc2n1OCc1ccccc1. The van der Waals surface area contributed by atoms with Crippen LogP contribution in [0.3, 0.4) is 0 Å². The average Bonchev–Trinajstić information content (AvgIpc) is 2.68. The Balaban J connectivity index is 1.72. The number of hydrogen-bond donors (Lipinski definition) is 0. The van der Waals surface area contributed by atoms with Gasteiger partial charge in [-0.3, -0.25) is 4.79 Å². The van der Waals surface area contributed by atoms with Gasteiger partial charge in [0, 0.05) is 22.1 Å². The number of pyridine rings is 2. The van der Waals surface area contributed by atoms with Crippen molar-refractivity contribution in [2.75, 3.05) is 0 Å². The first kappa shape index (κ1) is 17.5. The van der Waals surface area contributed by atoms with Crippen LogP contribution in [0.15, 0.2) is 88.3 Å². The molecule has 134 valence electrons. The van der Waals surface area contributed by atoms with Crippen LogP contribution in [0.25, 0.3) is 11.0 Å². The number of aromatic nitrogens is 2. The molecule has 0 fully saturated rings. The maximum Gasteiger partial charge on any atom is 0.285 e. The summed E-state index contributed by atoms with van der Waals surface area (Å²) in [5, 5.41) is 0.908. The van der Waals surface area contributed by atoms with Crippen molar-refractivity contribution >= 4 is 27.0 Å². The molecule has 0 aliphatic rings. The maximum atomic E-state index is 12.7. The molecule has 0 N–H and O–H groups in total. The van der Waals surface area contributed by atoms with E-state index in [0.29, 0.717) is 18.7 Å². The van der Waals surface area contributed by atoms with Crippen LogP contribution in [-0.4, -0.2) is 9.71 Å². The Bertz CT molecular complexity index is 1140.